The number of rotatable bonds is 3. The van der Waals surface area contributed by atoms with Gasteiger partial charge in [-0.15, -0.1) is 12.4 Å². The van der Waals surface area contributed by atoms with E-state index < -0.39 is 10.0 Å². The monoisotopic (exact) mass is 432 g/mol. The molecule has 4 nitrogen and oxygen atoms in total. The quantitative estimate of drug-likeness (QED) is 0.769. The van der Waals surface area contributed by atoms with Gasteiger partial charge in [0.15, 0.2) is 0 Å². The fraction of sp³-hybridized carbons (Fsp3) is 0.455. The molecule has 108 valence electrons. The zero-order valence-corrected chi connectivity index (χ0v) is 14.8. The van der Waals surface area contributed by atoms with E-state index in [4.69, 9.17) is 0 Å². The smallest absolute Gasteiger partial charge is 0.241 e. The van der Waals surface area contributed by atoms with Crippen molar-refractivity contribution in [1.82, 2.24) is 10.0 Å². The van der Waals surface area contributed by atoms with Crippen LogP contribution in [0.1, 0.15) is 12.8 Å². The SMILES string of the molecule is Cl.O=S(=O)(N[C@@H]1CCCNC1)c1ccc(Br)cc1Br. The van der Waals surface area contributed by atoms with Crippen LogP contribution in [-0.4, -0.2) is 27.5 Å². The molecule has 0 saturated carbocycles. The number of sulfonamides is 1. The summed E-state index contributed by atoms with van der Waals surface area (Å²) in [7, 11) is -3.47. The van der Waals surface area contributed by atoms with Gasteiger partial charge in [0, 0.05) is 21.5 Å². The first kappa shape index (κ1) is 17.4. The normalized spacial score (nSPS) is 19.8. The van der Waals surface area contributed by atoms with Crippen molar-refractivity contribution < 1.29 is 8.42 Å². The molecular formula is C11H15Br2ClN2O2S. The summed E-state index contributed by atoms with van der Waals surface area (Å²) in [6, 6.07) is 5.01. The highest BCUT2D eigenvalue weighted by Gasteiger charge is 2.23. The van der Waals surface area contributed by atoms with E-state index in [0.717, 1.165) is 23.9 Å². The second-order valence-corrected chi connectivity index (χ2v) is 7.69. The van der Waals surface area contributed by atoms with Crippen molar-refractivity contribution in [1.29, 1.82) is 0 Å². The van der Waals surface area contributed by atoms with Crippen LogP contribution in [0, 0.1) is 0 Å². The van der Waals surface area contributed by atoms with E-state index in [1.54, 1.807) is 18.2 Å². The van der Waals surface area contributed by atoms with Gasteiger partial charge >= 0.3 is 0 Å². The Labute approximate surface area is 136 Å². The predicted molar refractivity (Wildman–Crippen MR) is 85.3 cm³/mol. The Morgan fingerprint density at radius 1 is 1.32 bits per heavy atom. The molecule has 0 bridgehead atoms. The summed E-state index contributed by atoms with van der Waals surface area (Å²) >= 11 is 6.59. The Morgan fingerprint density at radius 3 is 2.63 bits per heavy atom. The molecule has 0 spiro atoms. The molecule has 0 aliphatic carbocycles. The van der Waals surface area contributed by atoms with E-state index in [0.29, 0.717) is 11.0 Å². The van der Waals surface area contributed by atoms with E-state index in [9.17, 15) is 8.42 Å². The lowest BCUT2D eigenvalue weighted by molar-refractivity contribution is 0.428. The van der Waals surface area contributed by atoms with Gasteiger partial charge in [-0.3, -0.25) is 0 Å². The minimum atomic E-state index is -3.47. The Bertz CT molecular complexity index is 533. The van der Waals surface area contributed by atoms with Gasteiger partial charge in [0.05, 0.1) is 4.90 Å². The van der Waals surface area contributed by atoms with Crippen LogP contribution in [0.25, 0.3) is 0 Å². The van der Waals surface area contributed by atoms with Gasteiger partial charge in [0.1, 0.15) is 0 Å². The molecule has 1 aliphatic rings. The molecule has 1 aromatic rings. The van der Waals surface area contributed by atoms with Crippen molar-refractivity contribution in [2.45, 2.75) is 23.8 Å². The Kier molecular flexibility index (Phi) is 6.75. The second kappa shape index (κ2) is 7.38. The number of hydrogen-bond donors (Lipinski definition) is 2. The molecule has 1 saturated heterocycles. The van der Waals surface area contributed by atoms with Gasteiger partial charge in [-0.25, -0.2) is 13.1 Å². The lowest BCUT2D eigenvalue weighted by Crippen LogP contribution is -2.45. The van der Waals surface area contributed by atoms with E-state index >= 15 is 0 Å². The molecule has 19 heavy (non-hydrogen) atoms. The van der Waals surface area contributed by atoms with E-state index in [1.807, 2.05) is 0 Å². The molecule has 8 heteroatoms. The van der Waals surface area contributed by atoms with Crippen molar-refractivity contribution in [2.75, 3.05) is 13.1 Å². The van der Waals surface area contributed by atoms with Crippen molar-refractivity contribution in [3.8, 4) is 0 Å². The third kappa shape index (κ3) is 4.68. The van der Waals surface area contributed by atoms with E-state index in [2.05, 4.69) is 41.9 Å². The summed E-state index contributed by atoms with van der Waals surface area (Å²) in [4.78, 5) is 0.274. The standard InChI is InChI=1S/C11H14Br2N2O2S.ClH/c12-8-3-4-11(10(13)6-8)18(16,17)15-9-2-1-5-14-7-9;/h3-4,6,9,14-15H,1-2,5,7H2;1H/t9-;/m1./s1. The molecule has 0 radical (unpaired) electrons. The van der Waals surface area contributed by atoms with Crippen LogP contribution >= 0.6 is 44.3 Å². The molecule has 1 fully saturated rings. The number of piperidine rings is 1. The molecule has 1 atom stereocenters. The topological polar surface area (TPSA) is 58.2 Å². The molecule has 0 unspecified atom stereocenters. The number of benzene rings is 1. The van der Waals surface area contributed by atoms with Gasteiger partial charge in [-0.1, -0.05) is 15.9 Å². The van der Waals surface area contributed by atoms with Crippen LogP contribution in [0.15, 0.2) is 32.0 Å². The summed E-state index contributed by atoms with van der Waals surface area (Å²) in [6.45, 7) is 1.65. The van der Waals surface area contributed by atoms with Crippen molar-refractivity contribution >= 4 is 54.3 Å². The van der Waals surface area contributed by atoms with Gasteiger partial charge in [0.25, 0.3) is 0 Å². The molecule has 1 heterocycles. The maximum Gasteiger partial charge on any atom is 0.241 e. The maximum absolute atomic E-state index is 12.2. The first-order chi connectivity index (χ1) is 8.49. The van der Waals surface area contributed by atoms with Crippen molar-refractivity contribution in [3.63, 3.8) is 0 Å². The van der Waals surface area contributed by atoms with Crippen LogP contribution in [0.4, 0.5) is 0 Å². The average molecular weight is 435 g/mol. The first-order valence-corrected chi connectivity index (χ1v) is 8.74. The molecule has 2 N–H and O–H groups in total. The number of hydrogen-bond acceptors (Lipinski definition) is 3. The zero-order chi connectivity index (χ0) is 13.2. The average Bonchev–Trinajstić information content (AvgIpc) is 2.29. The lowest BCUT2D eigenvalue weighted by atomic mass is 10.1. The fourth-order valence-electron chi connectivity index (χ4n) is 1.93. The van der Waals surface area contributed by atoms with Crippen molar-refractivity contribution in [2.24, 2.45) is 0 Å². The minimum Gasteiger partial charge on any atom is -0.315 e. The van der Waals surface area contributed by atoms with Crippen LogP contribution in [0.5, 0.6) is 0 Å². The highest BCUT2D eigenvalue weighted by Crippen LogP contribution is 2.26. The van der Waals surface area contributed by atoms with E-state index in [-0.39, 0.29) is 23.3 Å². The van der Waals surface area contributed by atoms with Gasteiger partial charge in [0.2, 0.25) is 10.0 Å². The molecule has 0 aromatic heterocycles. The molecule has 1 aromatic carbocycles. The fourth-order valence-corrected chi connectivity index (χ4v) is 4.94. The first-order valence-electron chi connectivity index (χ1n) is 5.67. The molecule has 0 amide bonds. The molecule has 1 aliphatic heterocycles. The third-order valence-corrected chi connectivity index (χ3v) is 5.79. The van der Waals surface area contributed by atoms with Crippen LogP contribution in [0.3, 0.4) is 0 Å². The van der Waals surface area contributed by atoms with Crippen LogP contribution < -0.4 is 10.0 Å². The zero-order valence-electron chi connectivity index (χ0n) is 10.0. The van der Waals surface area contributed by atoms with Crippen LogP contribution in [-0.2, 0) is 10.0 Å². The number of nitrogens with one attached hydrogen (secondary N) is 2. The Balaban J connectivity index is 0.00000180. The van der Waals surface area contributed by atoms with Gasteiger partial charge < -0.3 is 5.32 Å². The summed E-state index contributed by atoms with van der Waals surface area (Å²) in [5.74, 6) is 0. The Morgan fingerprint density at radius 2 is 2.05 bits per heavy atom. The Hall–Kier alpha value is 0.340. The second-order valence-electron chi connectivity index (χ2n) is 4.24. The summed E-state index contributed by atoms with van der Waals surface area (Å²) in [5, 5.41) is 3.19. The van der Waals surface area contributed by atoms with Crippen molar-refractivity contribution in [3.05, 3.63) is 27.1 Å². The molecular weight excluding hydrogens is 419 g/mol. The van der Waals surface area contributed by atoms with E-state index in [1.165, 1.54) is 0 Å². The molecule has 2 rings (SSSR count). The lowest BCUT2D eigenvalue weighted by Gasteiger charge is -2.23. The number of halogens is 3. The van der Waals surface area contributed by atoms with Gasteiger partial charge in [-0.05, 0) is 53.5 Å². The largest absolute Gasteiger partial charge is 0.315 e. The summed E-state index contributed by atoms with van der Waals surface area (Å²) in [5.41, 5.74) is 0. The minimum absolute atomic E-state index is 0. The van der Waals surface area contributed by atoms with Crippen LogP contribution in [0.2, 0.25) is 0 Å². The van der Waals surface area contributed by atoms with Gasteiger partial charge in [-0.2, -0.15) is 0 Å². The summed E-state index contributed by atoms with van der Waals surface area (Å²) < 4.78 is 28.6. The highest BCUT2D eigenvalue weighted by atomic mass is 79.9. The predicted octanol–water partition coefficient (Wildman–Crippen LogP) is 2.66. The highest BCUT2D eigenvalue weighted by molar-refractivity contribution is 9.11. The third-order valence-electron chi connectivity index (χ3n) is 2.80. The summed E-state index contributed by atoms with van der Waals surface area (Å²) in [6.07, 6.45) is 1.87. The maximum atomic E-state index is 12.2.